The summed E-state index contributed by atoms with van der Waals surface area (Å²) in [6.07, 6.45) is -1.92. The van der Waals surface area contributed by atoms with E-state index in [-0.39, 0.29) is 0 Å². The molecule has 0 saturated carbocycles. The summed E-state index contributed by atoms with van der Waals surface area (Å²) >= 11 is 0. The molecule has 0 heterocycles. The van der Waals surface area contributed by atoms with Crippen LogP contribution in [-0.2, 0) is 11.0 Å². The highest BCUT2D eigenvalue weighted by atomic mass is 19.4. The molecule has 0 aliphatic rings. The SMILES string of the molecule is O=C(O)/C=C/c1cccc(-c2ccc(C(F)(F)F)cc2)c1. The Labute approximate surface area is 119 Å². The highest BCUT2D eigenvalue weighted by Crippen LogP contribution is 2.31. The standard InChI is InChI=1S/C16H11F3O2/c17-16(18,19)14-7-5-12(6-8-14)13-3-1-2-11(10-13)4-9-15(20)21/h1-10H,(H,20,21)/b9-4+. The van der Waals surface area contributed by atoms with E-state index in [1.807, 2.05) is 0 Å². The van der Waals surface area contributed by atoms with Crippen molar-refractivity contribution in [3.8, 4) is 11.1 Å². The number of rotatable bonds is 3. The second kappa shape index (κ2) is 5.83. The monoisotopic (exact) mass is 292 g/mol. The lowest BCUT2D eigenvalue weighted by Gasteiger charge is -2.08. The van der Waals surface area contributed by atoms with Gasteiger partial charge in [0.25, 0.3) is 0 Å². The van der Waals surface area contributed by atoms with Crippen LogP contribution >= 0.6 is 0 Å². The Morgan fingerprint density at radius 1 is 1.00 bits per heavy atom. The third-order valence-electron chi connectivity index (χ3n) is 2.85. The molecule has 5 heteroatoms. The molecular formula is C16H11F3O2. The van der Waals surface area contributed by atoms with E-state index in [0.29, 0.717) is 11.1 Å². The number of aliphatic carboxylic acids is 1. The summed E-state index contributed by atoms with van der Waals surface area (Å²) in [5, 5.41) is 8.57. The van der Waals surface area contributed by atoms with Gasteiger partial charge in [-0.25, -0.2) is 4.79 Å². The molecule has 0 fully saturated rings. The third-order valence-corrected chi connectivity index (χ3v) is 2.85. The van der Waals surface area contributed by atoms with E-state index >= 15 is 0 Å². The summed E-state index contributed by atoms with van der Waals surface area (Å²) in [6, 6.07) is 11.7. The number of halogens is 3. The van der Waals surface area contributed by atoms with E-state index in [1.165, 1.54) is 18.2 Å². The lowest BCUT2D eigenvalue weighted by atomic mass is 10.0. The molecule has 0 aliphatic heterocycles. The van der Waals surface area contributed by atoms with Gasteiger partial charge in [-0.3, -0.25) is 0 Å². The van der Waals surface area contributed by atoms with Crippen molar-refractivity contribution in [3.63, 3.8) is 0 Å². The number of carboxylic acids is 1. The predicted molar refractivity (Wildman–Crippen MR) is 73.5 cm³/mol. The van der Waals surface area contributed by atoms with Gasteiger partial charge >= 0.3 is 12.1 Å². The first-order valence-electron chi connectivity index (χ1n) is 6.05. The zero-order valence-electron chi connectivity index (χ0n) is 10.8. The van der Waals surface area contributed by atoms with E-state index in [4.69, 9.17) is 5.11 Å². The number of hydrogen-bond donors (Lipinski definition) is 1. The van der Waals surface area contributed by atoms with E-state index in [1.54, 1.807) is 24.3 Å². The maximum absolute atomic E-state index is 12.5. The van der Waals surface area contributed by atoms with Crippen molar-refractivity contribution in [2.75, 3.05) is 0 Å². The Balaban J connectivity index is 2.30. The lowest BCUT2D eigenvalue weighted by molar-refractivity contribution is -0.137. The van der Waals surface area contributed by atoms with Crippen molar-refractivity contribution < 1.29 is 23.1 Å². The lowest BCUT2D eigenvalue weighted by Crippen LogP contribution is -2.03. The van der Waals surface area contributed by atoms with Crippen molar-refractivity contribution in [1.82, 2.24) is 0 Å². The van der Waals surface area contributed by atoms with Gasteiger partial charge in [0, 0.05) is 6.08 Å². The molecule has 2 nitrogen and oxygen atoms in total. The average molecular weight is 292 g/mol. The van der Waals surface area contributed by atoms with Gasteiger partial charge in [-0.15, -0.1) is 0 Å². The van der Waals surface area contributed by atoms with Gasteiger partial charge in [-0.05, 0) is 41.0 Å². The number of carboxylic acid groups (broad SMARTS) is 1. The third kappa shape index (κ3) is 3.95. The van der Waals surface area contributed by atoms with Crippen LogP contribution in [0, 0.1) is 0 Å². The Morgan fingerprint density at radius 3 is 2.24 bits per heavy atom. The van der Waals surface area contributed by atoms with Gasteiger partial charge in [0.15, 0.2) is 0 Å². The van der Waals surface area contributed by atoms with E-state index in [0.717, 1.165) is 23.8 Å². The van der Waals surface area contributed by atoms with Crippen LogP contribution in [0.15, 0.2) is 54.6 Å². The zero-order chi connectivity index (χ0) is 15.5. The van der Waals surface area contributed by atoms with Gasteiger partial charge in [-0.1, -0.05) is 30.3 Å². The topological polar surface area (TPSA) is 37.3 Å². The smallest absolute Gasteiger partial charge is 0.416 e. The van der Waals surface area contributed by atoms with Gasteiger partial charge in [0.1, 0.15) is 0 Å². The molecule has 0 radical (unpaired) electrons. The summed E-state index contributed by atoms with van der Waals surface area (Å²) in [7, 11) is 0. The number of hydrogen-bond acceptors (Lipinski definition) is 1. The fraction of sp³-hybridized carbons (Fsp3) is 0.0625. The molecule has 1 N–H and O–H groups in total. The first-order valence-corrected chi connectivity index (χ1v) is 6.05. The average Bonchev–Trinajstić information content (AvgIpc) is 2.45. The van der Waals surface area contributed by atoms with Crippen molar-refractivity contribution >= 4 is 12.0 Å². The number of alkyl halides is 3. The molecule has 108 valence electrons. The minimum atomic E-state index is -4.36. The molecule has 2 aromatic rings. The van der Waals surface area contributed by atoms with Gasteiger partial charge < -0.3 is 5.11 Å². The molecule has 0 aromatic heterocycles. The molecule has 2 rings (SSSR count). The van der Waals surface area contributed by atoms with E-state index < -0.39 is 17.7 Å². The van der Waals surface area contributed by atoms with Crippen LogP contribution in [0.25, 0.3) is 17.2 Å². The number of benzene rings is 2. The summed E-state index contributed by atoms with van der Waals surface area (Å²) in [6.45, 7) is 0. The molecular weight excluding hydrogens is 281 g/mol. The van der Waals surface area contributed by atoms with Gasteiger partial charge in [-0.2, -0.15) is 13.2 Å². The first kappa shape index (κ1) is 14.8. The molecule has 0 bridgehead atoms. The van der Waals surface area contributed by atoms with E-state index in [2.05, 4.69) is 0 Å². The zero-order valence-corrected chi connectivity index (χ0v) is 10.8. The van der Waals surface area contributed by atoms with Crippen LogP contribution in [0.2, 0.25) is 0 Å². The van der Waals surface area contributed by atoms with Crippen LogP contribution in [0.4, 0.5) is 13.2 Å². The second-order valence-corrected chi connectivity index (χ2v) is 4.37. The Morgan fingerprint density at radius 2 is 1.67 bits per heavy atom. The van der Waals surface area contributed by atoms with E-state index in [9.17, 15) is 18.0 Å². The molecule has 0 aliphatic carbocycles. The highest BCUT2D eigenvalue weighted by Gasteiger charge is 2.29. The fourth-order valence-electron chi connectivity index (χ4n) is 1.84. The van der Waals surface area contributed by atoms with Gasteiger partial charge in [0.2, 0.25) is 0 Å². The summed E-state index contributed by atoms with van der Waals surface area (Å²) < 4.78 is 37.5. The summed E-state index contributed by atoms with van der Waals surface area (Å²) in [5.41, 5.74) is 1.31. The molecule has 0 amide bonds. The maximum Gasteiger partial charge on any atom is 0.416 e. The highest BCUT2D eigenvalue weighted by molar-refractivity contribution is 5.85. The molecule has 2 aromatic carbocycles. The molecule has 0 saturated heterocycles. The summed E-state index contributed by atoms with van der Waals surface area (Å²) in [4.78, 5) is 10.5. The van der Waals surface area contributed by atoms with Crippen molar-refractivity contribution in [3.05, 3.63) is 65.7 Å². The Kier molecular flexibility index (Phi) is 4.12. The van der Waals surface area contributed by atoms with Crippen LogP contribution in [0.1, 0.15) is 11.1 Å². The Bertz CT molecular complexity index is 671. The molecule has 0 unspecified atom stereocenters. The Hall–Kier alpha value is -2.56. The fourth-order valence-corrected chi connectivity index (χ4v) is 1.84. The normalized spacial score (nSPS) is 11.8. The summed E-state index contributed by atoms with van der Waals surface area (Å²) in [5.74, 6) is -1.06. The first-order chi connectivity index (χ1) is 9.86. The van der Waals surface area contributed by atoms with Crippen LogP contribution in [0.3, 0.4) is 0 Å². The van der Waals surface area contributed by atoms with Gasteiger partial charge in [0.05, 0.1) is 5.56 Å². The van der Waals surface area contributed by atoms with Crippen molar-refractivity contribution in [2.45, 2.75) is 6.18 Å². The quantitative estimate of drug-likeness (QED) is 0.847. The van der Waals surface area contributed by atoms with Crippen molar-refractivity contribution in [1.29, 1.82) is 0 Å². The minimum absolute atomic E-state index is 0.633. The molecule has 21 heavy (non-hydrogen) atoms. The second-order valence-electron chi connectivity index (χ2n) is 4.37. The largest absolute Gasteiger partial charge is 0.478 e. The minimum Gasteiger partial charge on any atom is -0.478 e. The predicted octanol–water partition coefficient (Wildman–Crippen LogP) is 4.47. The number of carbonyl (C=O) groups is 1. The molecule has 0 spiro atoms. The van der Waals surface area contributed by atoms with Crippen LogP contribution < -0.4 is 0 Å². The molecule has 0 atom stereocenters. The van der Waals surface area contributed by atoms with Crippen molar-refractivity contribution in [2.24, 2.45) is 0 Å². The maximum atomic E-state index is 12.5. The van der Waals surface area contributed by atoms with Crippen LogP contribution in [0.5, 0.6) is 0 Å². The van der Waals surface area contributed by atoms with Crippen LogP contribution in [-0.4, -0.2) is 11.1 Å².